The van der Waals surface area contributed by atoms with Gasteiger partial charge in [0, 0.05) is 23.7 Å². The summed E-state index contributed by atoms with van der Waals surface area (Å²) in [5, 5.41) is 6.31. The average molecular weight is 397 g/mol. The van der Waals surface area contributed by atoms with E-state index in [2.05, 4.69) is 17.2 Å². The monoisotopic (exact) mass is 396 g/mol. The average Bonchev–Trinajstić information content (AvgIpc) is 2.69. The number of hydrogen-bond donors (Lipinski definition) is 2. The van der Waals surface area contributed by atoms with E-state index in [-0.39, 0.29) is 6.03 Å². The molecule has 0 unspecified atom stereocenters. The summed E-state index contributed by atoms with van der Waals surface area (Å²) in [5.41, 5.74) is 2.85. The second-order valence-corrected chi connectivity index (χ2v) is 6.47. The molecule has 0 atom stereocenters. The summed E-state index contributed by atoms with van der Waals surface area (Å²) in [6.07, 6.45) is 8.13. The molecular weight excluding hydrogens is 372 g/mol. The molecule has 0 aromatic heterocycles. The van der Waals surface area contributed by atoms with Crippen molar-refractivity contribution in [3.63, 3.8) is 0 Å². The molecule has 0 saturated heterocycles. The third-order valence-electron chi connectivity index (χ3n) is 3.85. The van der Waals surface area contributed by atoms with E-state index in [1.165, 1.54) is 0 Å². The third-order valence-corrected chi connectivity index (χ3v) is 4.10. The molecule has 0 aliphatic carbocycles. The molecule has 0 saturated carbocycles. The van der Waals surface area contributed by atoms with Gasteiger partial charge in [0.15, 0.2) is 0 Å². The number of allylic oxidation sites excluding steroid dienone is 4. The summed E-state index contributed by atoms with van der Waals surface area (Å²) < 4.78 is 5.72. The summed E-state index contributed by atoms with van der Waals surface area (Å²) in [4.78, 5) is 12.0. The van der Waals surface area contributed by atoms with Crippen molar-refractivity contribution in [3.8, 4) is 0 Å². The van der Waals surface area contributed by atoms with Crippen LogP contribution in [0.3, 0.4) is 0 Å². The van der Waals surface area contributed by atoms with Crippen LogP contribution in [0.4, 0.5) is 10.5 Å². The summed E-state index contributed by atoms with van der Waals surface area (Å²) in [6, 6.07) is 14.8. The van der Waals surface area contributed by atoms with Crippen LogP contribution in [0.15, 0.2) is 85.2 Å². The van der Waals surface area contributed by atoms with Gasteiger partial charge in [0.2, 0.25) is 0 Å². The van der Waals surface area contributed by atoms with Gasteiger partial charge in [-0.05, 0) is 54.5 Å². The smallest absolute Gasteiger partial charge is 0.319 e. The summed E-state index contributed by atoms with van der Waals surface area (Å²) in [6.45, 7) is 6.63. The van der Waals surface area contributed by atoms with Crippen LogP contribution in [-0.4, -0.2) is 12.6 Å². The van der Waals surface area contributed by atoms with Gasteiger partial charge in [-0.2, -0.15) is 0 Å². The lowest BCUT2D eigenvalue weighted by atomic mass is 10.1. The van der Waals surface area contributed by atoms with Crippen molar-refractivity contribution in [2.75, 3.05) is 11.9 Å². The van der Waals surface area contributed by atoms with E-state index in [0.717, 1.165) is 29.0 Å². The minimum absolute atomic E-state index is 0.253. The molecule has 0 bridgehead atoms. The van der Waals surface area contributed by atoms with Crippen LogP contribution in [0, 0.1) is 0 Å². The van der Waals surface area contributed by atoms with Gasteiger partial charge in [0.1, 0.15) is 5.76 Å². The van der Waals surface area contributed by atoms with E-state index in [1.807, 2.05) is 61.5 Å². The number of anilines is 1. The van der Waals surface area contributed by atoms with Gasteiger partial charge in [-0.3, -0.25) is 0 Å². The number of nitrogens with one attached hydrogen (secondary N) is 2. The summed E-state index contributed by atoms with van der Waals surface area (Å²) in [7, 11) is 0. The predicted octanol–water partition coefficient (Wildman–Crippen LogP) is 5.87. The van der Waals surface area contributed by atoms with Gasteiger partial charge in [0.05, 0.1) is 6.61 Å². The Labute approximate surface area is 171 Å². The third kappa shape index (κ3) is 7.72. The number of ether oxygens (including phenoxy) is 1. The van der Waals surface area contributed by atoms with E-state index in [1.54, 1.807) is 18.2 Å². The quantitative estimate of drug-likeness (QED) is 0.411. The Morgan fingerprint density at radius 2 is 1.79 bits per heavy atom. The molecule has 0 heterocycles. The fourth-order valence-corrected chi connectivity index (χ4v) is 2.56. The predicted molar refractivity (Wildman–Crippen MR) is 117 cm³/mol. The van der Waals surface area contributed by atoms with Crippen LogP contribution in [0.1, 0.15) is 18.1 Å². The molecule has 4 nitrogen and oxygen atoms in total. The molecule has 0 aliphatic heterocycles. The standard InChI is InChI=1S/C23H25ClN2O2/c1-3-5-22(6-4-2)28-16-15-18-9-13-21(14-10-18)26-23(27)25-17-19-7-11-20(24)12-8-19/h3-14H,1,15-17H2,2H3,(H2,25,26,27)/b6-4-,22-5+. The zero-order valence-corrected chi connectivity index (χ0v) is 16.7. The molecule has 0 radical (unpaired) electrons. The Morgan fingerprint density at radius 3 is 2.43 bits per heavy atom. The Hall–Kier alpha value is -2.98. The molecule has 28 heavy (non-hydrogen) atoms. The van der Waals surface area contributed by atoms with Gasteiger partial charge < -0.3 is 15.4 Å². The maximum atomic E-state index is 12.0. The molecule has 2 aromatic rings. The highest BCUT2D eigenvalue weighted by molar-refractivity contribution is 6.30. The molecule has 2 N–H and O–H groups in total. The number of amides is 2. The minimum Gasteiger partial charge on any atom is -0.493 e. The second kappa shape index (κ2) is 11.7. The van der Waals surface area contributed by atoms with Crippen molar-refractivity contribution in [3.05, 3.63) is 101 Å². The van der Waals surface area contributed by atoms with E-state index >= 15 is 0 Å². The zero-order valence-electron chi connectivity index (χ0n) is 16.0. The highest BCUT2D eigenvalue weighted by atomic mass is 35.5. The van der Waals surface area contributed by atoms with E-state index in [0.29, 0.717) is 18.2 Å². The van der Waals surface area contributed by atoms with E-state index < -0.39 is 0 Å². The maximum absolute atomic E-state index is 12.0. The number of carbonyl (C=O) groups excluding carboxylic acids is 1. The fraction of sp³-hybridized carbons (Fsp3) is 0.174. The first-order valence-corrected chi connectivity index (χ1v) is 9.45. The molecule has 2 rings (SSSR count). The highest BCUT2D eigenvalue weighted by Gasteiger charge is 2.03. The van der Waals surface area contributed by atoms with Crippen LogP contribution >= 0.6 is 11.6 Å². The van der Waals surface area contributed by atoms with Gasteiger partial charge in [-0.25, -0.2) is 4.79 Å². The Bertz CT molecular complexity index is 825. The first-order valence-electron chi connectivity index (χ1n) is 9.07. The number of rotatable bonds is 9. The van der Waals surface area contributed by atoms with E-state index in [9.17, 15) is 4.79 Å². The number of carbonyl (C=O) groups is 1. The second-order valence-electron chi connectivity index (χ2n) is 6.03. The van der Waals surface area contributed by atoms with Crippen molar-refractivity contribution >= 4 is 23.3 Å². The molecule has 2 amide bonds. The molecule has 0 aliphatic rings. The number of urea groups is 1. The fourth-order valence-electron chi connectivity index (χ4n) is 2.43. The van der Waals surface area contributed by atoms with Crippen molar-refractivity contribution in [2.45, 2.75) is 19.9 Å². The number of hydrogen-bond acceptors (Lipinski definition) is 2. The van der Waals surface area contributed by atoms with E-state index in [4.69, 9.17) is 16.3 Å². The van der Waals surface area contributed by atoms with Crippen molar-refractivity contribution in [2.24, 2.45) is 0 Å². The molecular formula is C23H25ClN2O2. The largest absolute Gasteiger partial charge is 0.493 e. The topological polar surface area (TPSA) is 50.4 Å². The van der Waals surface area contributed by atoms with Crippen LogP contribution < -0.4 is 10.6 Å². The van der Waals surface area contributed by atoms with Crippen molar-refractivity contribution in [1.29, 1.82) is 0 Å². The first-order chi connectivity index (χ1) is 13.6. The number of halogens is 1. The Morgan fingerprint density at radius 1 is 1.11 bits per heavy atom. The summed E-state index contributed by atoms with van der Waals surface area (Å²) >= 11 is 5.85. The first kappa shape index (κ1) is 21.3. The van der Waals surface area contributed by atoms with Crippen LogP contribution in [-0.2, 0) is 17.7 Å². The van der Waals surface area contributed by atoms with Gasteiger partial charge in [0.25, 0.3) is 0 Å². The zero-order chi connectivity index (χ0) is 20.2. The minimum atomic E-state index is -0.253. The maximum Gasteiger partial charge on any atom is 0.319 e. The SMILES string of the molecule is C=C/C=C(\C=C/C)OCCc1ccc(NC(=O)NCc2ccc(Cl)cc2)cc1. The number of benzene rings is 2. The lowest BCUT2D eigenvalue weighted by molar-refractivity contribution is 0.228. The lowest BCUT2D eigenvalue weighted by Gasteiger charge is -2.09. The summed E-state index contributed by atoms with van der Waals surface area (Å²) in [5.74, 6) is 0.785. The molecule has 146 valence electrons. The van der Waals surface area contributed by atoms with Crippen LogP contribution in [0.5, 0.6) is 0 Å². The molecule has 0 spiro atoms. The Balaban J connectivity index is 1.76. The van der Waals surface area contributed by atoms with Gasteiger partial charge in [-0.1, -0.05) is 54.6 Å². The van der Waals surface area contributed by atoms with Gasteiger partial charge >= 0.3 is 6.03 Å². The molecule has 0 fully saturated rings. The highest BCUT2D eigenvalue weighted by Crippen LogP contribution is 2.12. The molecule has 2 aromatic carbocycles. The van der Waals surface area contributed by atoms with Crippen LogP contribution in [0.25, 0.3) is 0 Å². The van der Waals surface area contributed by atoms with Gasteiger partial charge in [-0.15, -0.1) is 0 Å². The van der Waals surface area contributed by atoms with Crippen molar-refractivity contribution in [1.82, 2.24) is 5.32 Å². The Kier molecular flexibility index (Phi) is 8.89. The lowest BCUT2D eigenvalue weighted by Crippen LogP contribution is -2.28. The molecule has 5 heteroatoms. The van der Waals surface area contributed by atoms with Crippen molar-refractivity contribution < 1.29 is 9.53 Å². The van der Waals surface area contributed by atoms with Crippen LogP contribution in [0.2, 0.25) is 5.02 Å². The normalized spacial score (nSPS) is 11.3.